The number of piperidine rings is 1. The number of benzene rings is 2. The van der Waals surface area contributed by atoms with Gasteiger partial charge in [-0.15, -0.1) is 24.8 Å². The normalized spacial score (nSPS) is 20.8. The second-order valence-corrected chi connectivity index (χ2v) is 7.95. The Labute approximate surface area is 199 Å². The lowest BCUT2D eigenvalue weighted by Crippen LogP contribution is -2.52. The molecule has 2 aromatic carbocycles. The molecular weight excluding hydrogens is 431 g/mol. The van der Waals surface area contributed by atoms with E-state index >= 15 is 0 Å². The first-order chi connectivity index (χ1) is 14.1. The third-order valence-corrected chi connectivity index (χ3v) is 6.16. The van der Waals surface area contributed by atoms with E-state index in [9.17, 15) is 4.79 Å². The molecule has 3 rings (SSSR count). The van der Waals surface area contributed by atoms with E-state index in [2.05, 4.69) is 66.1 Å². The molecule has 0 aliphatic carbocycles. The second kappa shape index (κ2) is 12.9. The Kier molecular flexibility index (Phi) is 11.4. The lowest BCUT2D eigenvalue weighted by atomic mass is 9.76. The minimum absolute atomic E-state index is 0. The van der Waals surface area contributed by atoms with E-state index in [1.165, 1.54) is 5.69 Å². The third-order valence-electron chi connectivity index (χ3n) is 6.16. The van der Waals surface area contributed by atoms with E-state index in [1.807, 2.05) is 25.1 Å². The summed E-state index contributed by atoms with van der Waals surface area (Å²) in [4.78, 5) is 17.2. The van der Waals surface area contributed by atoms with Crippen LogP contribution in [-0.2, 0) is 15.1 Å². The van der Waals surface area contributed by atoms with Crippen LogP contribution in [0.1, 0.15) is 39.2 Å². The number of esters is 1. The van der Waals surface area contributed by atoms with E-state index in [1.54, 1.807) is 0 Å². The molecule has 2 unspecified atom stereocenters. The number of carbonyl (C=O) groups excluding carboxylic acids is 1. The topological polar surface area (TPSA) is 32.8 Å². The van der Waals surface area contributed by atoms with Crippen molar-refractivity contribution in [3.05, 3.63) is 66.2 Å². The number of ether oxygens (including phenoxy) is 1. The van der Waals surface area contributed by atoms with Crippen LogP contribution in [-0.4, -0.2) is 43.6 Å². The van der Waals surface area contributed by atoms with Gasteiger partial charge in [0.2, 0.25) is 0 Å². The van der Waals surface area contributed by atoms with Gasteiger partial charge in [0.15, 0.2) is 0 Å². The molecule has 1 fully saturated rings. The molecule has 2 aromatic rings. The summed E-state index contributed by atoms with van der Waals surface area (Å²) < 4.78 is 6.11. The lowest BCUT2D eigenvalue weighted by Gasteiger charge is -2.46. The SMILES string of the molecule is CCC(=O)OC1(c2ccccc2)CCN(CCN(CC)c2ccccc2)CC1C.Cl.Cl. The molecule has 1 heterocycles. The van der Waals surface area contributed by atoms with Crippen molar-refractivity contribution in [3.8, 4) is 0 Å². The number of rotatable bonds is 8. The van der Waals surface area contributed by atoms with Crippen molar-refractivity contribution in [1.82, 2.24) is 4.90 Å². The van der Waals surface area contributed by atoms with Gasteiger partial charge in [0.25, 0.3) is 0 Å². The van der Waals surface area contributed by atoms with E-state index in [4.69, 9.17) is 4.74 Å². The highest BCUT2D eigenvalue weighted by Gasteiger charge is 2.45. The monoisotopic (exact) mass is 466 g/mol. The molecule has 31 heavy (non-hydrogen) atoms. The summed E-state index contributed by atoms with van der Waals surface area (Å²) in [5.41, 5.74) is 1.87. The Morgan fingerprint density at radius 3 is 2.23 bits per heavy atom. The molecular formula is C25H36Cl2N2O2. The number of hydrogen-bond acceptors (Lipinski definition) is 4. The van der Waals surface area contributed by atoms with Crippen LogP contribution in [0.3, 0.4) is 0 Å². The van der Waals surface area contributed by atoms with Gasteiger partial charge in [-0.05, 0) is 24.6 Å². The largest absolute Gasteiger partial charge is 0.454 e. The highest BCUT2D eigenvalue weighted by Crippen LogP contribution is 2.41. The van der Waals surface area contributed by atoms with Crippen LogP contribution < -0.4 is 4.90 Å². The molecule has 0 saturated carbocycles. The first kappa shape index (κ1) is 27.3. The lowest BCUT2D eigenvalue weighted by molar-refractivity contribution is -0.175. The molecule has 0 N–H and O–H groups in total. The number of halogens is 2. The standard InChI is InChI=1S/C25H34N2O2.2ClH/c1-4-24(28)29-25(22-12-8-6-9-13-22)16-17-26(20-21(25)3)18-19-27(5-2)23-14-10-7-11-15-23;;/h6-15,21H,4-5,16-20H2,1-3H3;2*1H. The average Bonchev–Trinajstić information content (AvgIpc) is 2.77. The predicted molar refractivity (Wildman–Crippen MR) is 134 cm³/mol. The second-order valence-electron chi connectivity index (χ2n) is 7.95. The number of anilines is 1. The fourth-order valence-corrected chi connectivity index (χ4v) is 4.41. The Morgan fingerprint density at radius 1 is 1.06 bits per heavy atom. The fraction of sp³-hybridized carbons (Fsp3) is 0.480. The molecule has 0 spiro atoms. The quantitative estimate of drug-likeness (QED) is 0.477. The van der Waals surface area contributed by atoms with Gasteiger partial charge in [0.05, 0.1) is 0 Å². The van der Waals surface area contributed by atoms with Crippen molar-refractivity contribution in [2.75, 3.05) is 37.6 Å². The van der Waals surface area contributed by atoms with E-state index in [0.717, 1.165) is 44.7 Å². The van der Waals surface area contributed by atoms with Gasteiger partial charge < -0.3 is 14.5 Å². The van der Waals surface area contributed by atoms with Gasteiger partial charge >= 0.3 is 5.97 Å². The molecule has 0 aromatic heterocycles. The highest BCUT2D eigenvalue weighted by atomic mass is 35.5. The maximum absolute atomic E-state index is 12.3. The highest BCUT2D eigenvalue weighted by molar-refractivity contribution is 5.85. The minimum Gasteiger partial charge on any atom is -0.454 e. The first-order valence-corrected chi connectivity index (χ1v) is 10.9. The number of likely N-dealkylation sites (N-methyl/N-ethyl adjacent to an activating group) is 1. The molecule has 1 aliphatic heterocycles. The van der Waals surface area contributed by atoms with Gasteiger partial charge in [-0.1, -0.05) is 62.4 Å². The molecule has 0 radical (unpaired) electrons. The Morgan fingerprint density at radius 2 is 1.68 bits per heavy atom. The van der Waals surface area contributed by atoms with E-state index in [-0.39, 0.29) is 36.7 Å². The van der Waals surface area contributed by atoms with Crippen LogP contribution in [0.4, 0.5) is 5.69 Å². The van der Waals surface area contributed by atoms with Gasteiger partial charge in [-0.3, -0.25) is 4.79 Å². The number of para-hydroxylation sites is 1. The number of nitrogens with zero attached hydrogens (tertiary/aromatic N) is 2. The van der Waals surface area contributed by atoms with Crippen molar-refractivity contribution >= 4 is 36.5 Å². The maximum Gasteiger partial charge on any atom is 0.306 e. The summed E-state index contributed by atoms with van der Waals surface area (Å²) in [6, 6.07) is 20.9. The predicted octanol–water partition coefficient (Wildman–Crippen LogP) is 5.55. The zero-order valence-corrected chi connectivity index (χ0v) is 20.5. The van der Waals surface area contributed by atoms with Crippen molar-refractivity contribution in [1.29, 1.82) is 0 Å². The van der Waals surface area contributed by atoms with Gasteiger partial charge in [0, 0.05) is 57.2 Å². The zero-order valence-electron chi connectivity index (χ0n) is 18.8. The molecule has 6 heteroatoms. The van der Waals surface area contributed by atoms with E-state index < -0.39 is 5.60 Å². The summed E-state index contributed by atoms with van der Waals surface area (Å²) in [6.45, 7) is 11.2. The molecule has 0 amide bonds. The van der Waals surface area contributed by atoms with Crippen molar-refractivity contribution < 1.29 is 9.53 Å². The number of likely N-dealkylation sites (tertiary alicyclic amines) is 1. The Balaban J connectivity index is 0.00000240. The van der Waals surface area contributed by atoms with Crippen LogP contribution >= 0.6 is 24.8 Å². The average molecular weight is 467 g/mol. The molecule has 1 saturated heterocycles. The van der Waals surface area contributed by atoms with Crippen molar-refractivity contribution in [3.63, 3.8) is 0 Å². The van der Waals surface area contributed by atoms with Crippen LogP contribution in [0.2, 0.25) is 0 Å². The Hall–Kier alpha value is -1.75. The summed E-state index contributed by atoms with van der Waals surface area (Å²) in [6.07, 6.45) is 1.24. The molecule has 2 atom stereocenters. The Bertz CT molecular complexity index is 776. The van der Waals surface area contributed by atoms with Crippen LogP contribution in [0.25, 0.3) is 0 Å². The van der Waals surface area contributed by atoms with Crippen LogP contribution in [0, 0.1) is 5.92 Å². The van der Waals surface area contributed by atoms with Crippen LogP contribution in [0.5, 0.6) is 0 Å². The summed E-state index contributed by atoms with van der Waals surface area (Å²) >= 11 is 0. The number of hydrogen-bond donors (Lipinski definition) is 0. The van der Waals surface area contributed by atoms with Crippen LogP contribution in [0.15, 0.2) is 60.7 Å². The fourth-order valence-electron chi connectivity index (χ4n) is 4.41. The van der Waals surface area contributed by atoms with Gasteiger partial charge in [0.1, 0.15) is 5.60 Å². The van der Waals surface area contributed by atoms with Gasteiger partial charge in [-0.2, -0.15) is 0 Å². The number of carbonyl (C=O) groups is 1. The minimum atomic E-state index is -0.519. The first-order valence-electron chi connectivity index (χ1n) is 10.9. The smallest absolute Gasteiger partial charge is 0.306 e. The summed E-state index contributed by atoms with van der Waals surface area (Å²) in [7, 11) is 0. The molecule has 1 aliphatic rings. The summed E-state index contributed by atoms with van der Waals surface area (Å²) in [5.74, 6) is 0.122. The van der Waals surface area contributed by atoms with Gasteiger partial charge in [-0.25, -0.2) is 0 Å². The third kappa shape index (κ3) is 6.61. The van der Waals surface area contributed by atoms with E-state index in [0.29, 0.717) is 6.42 Å². The van der Waals surface area contributed by atoms with Crippen molar-refractivity contribution in [2.45, 2.75) is 39.2 Å². The summed E-state index contributed by atoms with van der Waals surface area (Å²) in [5, 5.41) is 0. The molecule has 0 bridgehead atoms. The maximum atomic E-state index is 12.3. The molecule has 4 nitrogen and oxygen atoms in total. The molecule has 172 valence electrons. The van der Waals surface area contributed by atoms with Crippen molar-refractivity contribution in [2.24, 2.45) is 5.92 Å². The zero-order chi connectivity index (χ0) is 20.7.